The smallest absolute Gasteiger partial charge is 0.418 e. The summed E-state index contributed by atoms with van der Waals surface area (Å²) >= 11 is 0. The topological polar surface area (TPSA) is 104 Å². The fraction of sp³-hybridized carbons (Fsp3) is 0.0952. The van der Waals surface area contributed by atoms with Gasteiger partial charge in [0.25, 0.3) is 0 Å². The Kier molecular flexibility index (Phi) is 5.94. The molecule has 3 aromatic rings. The Morgan fingerprint density at radius 1 is 1.14 bits per heavy atom. The van der Waals surface area contributed by atoms with E-state index in [1.807, 2.05) is 30.3 Å². The lowest BCUT2D eigenvalue weighted by molar-refractivity contribution is -0.104. The van der Waals surface area contributed by atoms with Crippen molar-refractivity contribution in [2.75, 3.05) is 7.11 Å². The maximum atomic E-state index is 12.6. The lowest BCUT2D eigenvalue weighted by Gasteiger charge is -2.07. The van der Waals surface area contributed by atoms with Crippen LogP contribution in [0.15, 0.2) is 65.6 Å². The van der Waals surface area contributed by atoms with E-state index < -0.39 is 12.1 Å². The van der Waals surface area contributed by atoms with E-state index in [1.54, 1.807) is 6.07 Å². The summed E-state index contributed by atoms with van der Waals surface area (Å²) in [5, 5.41) is 3.09. The molecule has 2 aromatic carbocycles. The van der Waals surface area contributed by atoms with Gasteiger partial charge in [-0.1, -0.05) is 30.3 Å². The van der Waals surface area contributed by atoms with Crippen LogP contribution in [0.5, 0.6) is 0 Å². The van der Waals surface area contributed by atoms with Crippen LogP contribution in [0.25, 0.3) is 17.0 Å². The molecule has 0 aliphatic carbocycles. The van der Waals surface area contributed by atoms with Gasteiger partial charge in [0.05, 0.1) is 18.2 Å². The average Bonchev–Trinajstić information content (AvgIpc) is 3.13. The molecule has 1 heterocycles. The minimum Gasteiger partial charge on any atom is -0.465 e. The third-order valence-corrected chi connectivity index (χ3v) is 4.19. The summed E-state index contributed by atoms with van der Waals surface area (Å²) in [5.41, 5.74) is 1.49. The van der Waals surface area contributed by atoms with E-state index in [1.165, 1.54) is 36.1 Å². The number of methoxy groups -OCH3 is 1. The largest absolute Gasteiger partial charge is 0.465 e. The minimum atomic E-state index is -0.656. The van der Waals surface area contributed by atoms with Crippen molar-refractivity contribution in [1.29, 1.82) is 0 Å². The molecular weight excluding hydrogens is 376 g/mol. The summed E-state index contributed by atoms with van der Waals surface area (Å²) < 4.78 is 11.3. The number of nitroso groups, excluding NO2 is 1. The number of carbonyl (C=O) groups excluding carboxylic acids is 3. The number of benzene rings is 2. The third kappa shape index (κ3) is 4.27. The van der Waals surface area contributed by atoms with Crippen molar-refractivity contribution in [3.8, 4) is 0 Å². The van der Waals surface area contributed by atoms with Gasteiger partial charge in [-0.3, -0.25) is 9.36 Å². The van der Waals surface area contributed by atoms with Crippen molar-refractivity contribution in [3.63, 3.8) is 0 Å². The molecule has 0 N–H and O–H groups in total. The van der Waals surface area contributed by atoms with E-state index >= 15 is 0 Å². The van der Waals surface area contributed by atoms with Gasteiger partial charge in [0.1, 0.15) is 12.3 Å². The Morgan fingerprint density at radius 2 is 1.90 bits per heavy atom. The number of allylic oxidation sites excluding steroid dienone is 1. The molecule has 0 atom stereocenters. The molecular formula is C21H16N2O6. The van der Waals surface area contributed by atoms with Gasteiger partial charge in [-0.15, -0.1) is 4.91 Å². The Bertz CT molecular complexity index is 1100. The summed E-state index contributed by atoms with van der Waals surface area (Å²) in [6.45, 7) is 0.0697. The summed E-state index contributed by atoms with van der Waals surface area (Å²) in [7, 11) is 1.25. The molecule has 0 saturated heterocycles. The lowest BCUT2D eigenvalue weighted by Crippen LogP contribution is -2.12. The van der Waals surface area contributed by atoms with Gasteiger partial charge in [0.2, 0.25) is 0 Å². The van der Waals surface area contributed by atoms with E-state index in [0.717, 1.165) is 5.56 Å². The number of rotatable bonds is 6. The van der Waals surface area contributed by atoms with Crippen LogP contribution in [0.4, 0.5) is 4.79 Å². The Morgan fingerprint density at radius 3 is 2.55 bits per heavy atom. The van der Waals surface area contributed by atoms with Crippen LogP contribution < -0.4 is 0 Å². The van der Waals surface area contributed by atoms with Gasteiger partial charge < -0.3 is 9.47 Å². The second-order valence-corrected chi connectivity index (χ2v) is 6.00. The number of aldehydes is 1. The molecule has 0 aliphatic rings. The molecule has 8 nitrogen and oxygen atoms in total. The summed E-state index contributed by atoms with van der Waals surface area (Å²) in [5.74, 6) is -0.564. The second-order valence-electron chi connectivity index (χ2n) is 6.00. The highest BCUT2D eigenvalue weighted by atomic mass is 16.5. The normalized spacial score (nSPS) is 11.1. The van der Waals surface area contributed by atoms with Crippen LogP contribution in [0.1, 0.15) is 21.5 Å². The highest BCUT2D eigenvalue weighted by Crippen LogP contribution is 2.26. The van der Waals surface area contributed by atoms with Crippen molar-refractivity contribution in [3.05, 3.63) is 82.0 Å². The number of esters is 1. The van der Waals surface area contributed by atoms with Crippen molar-refractivity contribution < 1.29 is 23.9 Å². The lowest BCUT2D eigenvalue weighted by atomic mass is 10.1. The number of nitrogens with zero attached hydrogens (tertiary/aromatic N) is 2. The molecule has 8 heteroatoms. The Hall–Kier alpha value is -4.07. The molecule has 0 spiro atoms. The van der Waals surface area contributed by atoms with Gasteiger partial charge in [-0.25, -0.2) is 9.59 Å². The third-order valence-electron chi connectivity index (χ3n) is 4.19. The fourth-order valence-corrected chi connectivity index (χ4v) is 2.80. The van der Waals surface area contributed by atoms with E-state index in [0.29, 0.717) is 22.8 Å². The minimum absolute atomic E-state index is 0.0697. The average molecular weight is 392 g/mol. The van der Waals surface area contributed by atoms with Crippen LogP contribution in [-0.2, 0) is 20.9 Å². The van der Waals surface area contributed by atoms with E-state index in [2.05, 4.69) is 5.18 Å². The summed E-state index contributed by atoms with van der Waals surface area (Å²) in [6.07, 6.45) is 2.28. The molecule has 3 rings (SSSR count). The van der Waals surface area contributed by atoms with Crippen LogP contribution >= 0.6 is 0 Å². The number of hydrogen-bond acceptors (Lipinski definition) is 7. The van der Waals surface area contributed by atoms with Crippen LogP contribution in [-0.4, -0.2) is 30.0 Å². The predicted octanol–water partition coefficient (Wildman–Crippen LogP) is 3.92. The molecule has 29 heavy (non-hydrogen) atoms. The maximum absolute atomic E-state index is 12.6. The molecule has 146 valence electrons. The van der Waals surface area contributed by atoms with Crippen LogP contribution in [0.2, 0.25) is 0 Å². The fourth-order valence-electron chi connectivity index (χ4n) is 2.80. The predicted molar refractivity (Wildman–Crippen MR) is 105 cm³/mol. The van der Waals surface area contributed by atoms with Gasteiger partial charge in [0, 0.05) is 17.1 Å². The van der Waals surface area contributed by atoms with Gasteiger partial charge in [-0.2, -0.15) is 0 Å². The van der Waals surface area contributed by atoms with Gasteiger partial charge in [0.15, 0.2) is 6.29 Å². The Balaban J connectivity index is 2.03. The van der Waals surface area contributed by atoms with Gasteiger partial charge in [-0.05, 0) is 35.0 Å². The molecule has 1 aromatic heterocycles. The summed E-state index contributed by atoms with van der Waals surface area (Å²) in [4.78, 5) is 46.2. The zero-order valence-electron chi connectivity index (χ0n) is 15.4. The van der Waals surface area contributed by atoms with E-state index in [4.69, 9.17) is 9.47 Å². The first-order valence-electron chi connectivity index (χ1n) is 8.52. The number of hydrogen-bond donors (Lipinski definition) is 0. The monoisotopic (exact) mass is 392 g/mol. The van der Waals surface area contributed by atoms with Crippen molar-refractivity contribution in [2.24, 2.45) is 5.18 Å². The molecule has 0 aliphatic heterocycles. The van der Waals surface area contributed by atoms with E-state index in [-0.39, 0.29) is 17.9 Å². The number of carbonyl (C=O) groups is 3. The first kappa shape index (κ1) is 19.7. The highest BCUT2D eigenvalue weighted by molar-refractivity contribution is 6.01. The number of fused-ring (bicyclic) bond motifs is 1. The molecule has 0 fully saturated rings. The molecule has 0 saturated carbocycles. The first-order chi connectivity index (χ1) is 14.1. The summed E-state index contributed by atoms with van der Waals surface area (Å²) in [6, 6.07) is 13.7. The standard InChI is InChI=1S/C21H16N2O6/c1-28-20(25)15-7-8-19-18(10-15)16(9-17(12-24)22-27)11-23(19)21(26)29-13-14-5-3-2-4-6-14/h2-12H,13H2,1H3/b17-9-. The number of aromatic nitrogens is 1. The van der Waals surface area contributed by atoms with Crippen LogP contribution in [0, 0.1) is 4.91 Å². The van der Waals surface area contributed by atoms with Crippen LogP contribution in [0.3, 0.4) is 0 Å². The van der Waals surface area contributed by atoms with Crippen molar-refractivity contribution in [2.45, 2.75) is 6.61 Å². The Labute approximate surface area is 165 Å². The van der Waals surface area contributed by atoms with Gasteiger partial charge >= 0.3 is 12.1 Å². The molecule has 0 amide bonds. The SMILES string of the molecule is COC(=O)c1ccc2c(c1)c(/C=C(/C=O)N=O)cn2C(=O)OCc1ccccc1. The maximum Gasteiger partial charge on any atom is 0.418 e. The van der Waals surface area contributed by atoms with Crippen molar-refractivity contribution in [1.82, 2.24) is 4.57 Å². The zero-order chi connectivity index (χ0) is 20.8. The highest BCUT2D eigenvalue weighted by Gasteiger charge is 2.17. The molecule has 0 radical (unpaired) electrons. The quantitative estimate of drug-likeness (QED) is 0.273. The zero-order valence-corrected chi connectivity index (χ0v) is 15.4. The van der Waals surface area contributed by atoms with E-state index in [9.17, 15) is 19.3 Å². The van der Waals surface area contributed by atoms with Crippen molar-refractivity contribution >= 4 is 35.3 Å². The second kappa shape index (κ2) is 8.75. The number of ether oxygens (including phenoxy) is 2. The molecule has 0 unspecified atom stereocenters. The first-order valence-corrected chi connectivity index (χ1v) is 8.52. The molecule has 0 bridgehead atoms.